The summed E-state index contributed by atoms with van der Waals surface area (Å²) in [5.74, 6) is -0.977. The molecule has 0 radical (unpaired) electrons. The van der Waals surface area contributed by atoms with Crippen molar-refractivity contribution in [2.45, 2.75) is 31.0 Å². The first-order chi connectivity index (χ1) is 9.72. The zero-order valence-corrected chi connectivity index (χ0v) is 11.8. The van der Waals surface area contributed by atoms with Crippen molar-refractivity contribution in [3.63, 3.8) is 0 Å². The number of aliphatic hydroxyl groups excluding tert-OH is 3. The molecule has 9 nitrogen and oxygen atoms in total. The lowest BCUT2D eigenvalue weighted by atomic mass is 10.0. The molecule has 1 aliphatic heterocycles. The van der Waals surface area contributed by atoms with Gasteiger partial charge in [0.25, 0.3) is 11.5 Å². The molecule has 6 N–H and O–H groups in total. The van der Waals surface area contributed by atoms with Crippen molar-refractivity contribution in [3.8, 4) is 0 Å². The number of carbonyl (C=O) groups excluding carboxylic acids is 1. The van der Waals surface area contributed by atoms with E-state index < -0.39 is 42.1 Å². The Morgan fingerprint density at radius 1 is 1.62 bits per heavy atom. The van der Waals surface area contributed by atoms with E-state index in [2.05, 4.69) is 4.98 Å². The van der Waals surface area contributed by atoms with Gasteiger partial charge in [-0.3, -0.25) is 19.1 Å². The summed E-state index contributed by atoms with van der Waals surface area (Å²) in [4.78, 5) is 25.1. The Hall–Kier alpha value is -1.59. The van der Waals surface area contributed by atoms with Crippen molar-refractivity contribution < 1.29 is 24.9 Å². The number of nitrogens with zero attached hydrogens (tertiary/aromatic N) is 1. The van der Waals surface area contributed by atoms with Crippen LogP contribution < -0.4 is 11.3 Å². The molecule has 0 spiro atoms. The van der Waals surface area contributed by atoms with Crippen LogP contribution >= 0.6 is 12.2 Å². The molecule has 1 fully saturated rings. The number of nitrogens with two attached hydrogens (primary N) is 1. The minimum absolute atomic E-state index is 0.127. The highest BCUT2D eigenvalue weighted by atomic mass is 32.1. The first-order valence-corrected chi connectivity index (χ1v) is 6.44. The molecule has 10 heteroatoms. The highest BCUT2D eigenvalue weighted by Crippen LogP contribution is 2.35. The molecular weight excluding hydrogens is 302 g/mol. The van der Waals surface area contributed by atoms with Crippen LogP contribution in [-0.4, -0.2) is 55.7 Å². The number of aromatic nitrogens is 2. The lowest BCUT2D eigenvalue weighted by Gasteiger charge is -2.30. The largest absolute Gasteiger partial charge is 0.394 e. The maximum atomic E-state index is 11.6. The maximum absolute atomic E-state index is 11.6. The molecule has 0 aliphatic carbocycles. The number of aromatic amines is 1. The van der Waals surface area contributed by atoms with Gasteiger partial charge >= 0.3 is 0 Å². The van der Waals surface area contributed by atoms with Crippen LogP contribution in [0.15, 0.2) is 11.0 Å². The van der Waals surface area contributed by atoms with Gasteiger partial charge in [0.1, 0.15) is 23.9 Å². The first kappa shape index (κ1) is 15.8. The summed E-state index contributed by atoms with van der Waals surface area (Å²) in [5, 5.41) is 29.1. The van der Waals surface area contributed by atoms with Gasteiger partial charge in [0.2, 0.25) is 0 Å². The van der Waals surface area contributed by atoms with Crippen molar-refractivity contribution in [3.05, 3.63) is 26.9 Å². The van der Waals surface area contributed by atoms with E-state index in [9.17, 15) is 19.8 Å². The fourth-order valence-electron chi connectivity index (χ4n) is 2.29. The van der Waals surface area contributed by atoms with E-state index in [0.29, 0.717) is 0 Å². The van der Waals surface area contributed by atoms with Crippen LogP contribution in [0.5, 0.6) is 0 Å². The fourth-order valence-corrected chi connectivity index (χ4v) is 2.61. The number of aliphatic hydroxyl groups is 3. The van der Waals surface area contributed by atoms with Crippen LogP contribution in [-0.2, 0) is 10.5 Å². The first-order valence-electron chi connectivity index (χ1n) is 6.03. The van der Waals surface area contributed by atoms with Gasteiger partial charge in [-0.05, 0) is 19.1 Å². The Morgan fingerprint density at radius 2 is 2.24 bits per heavy atom. The molecule has 2 heterocycles. The van der Waals surface area contributed by atoms with Gasteiger partial charge in [-0.2, -0.15) is 0 Å². The third kappa shape index (κ3) is 2.40. The van der Waals surface area contributed by atoms with Crippen molar-refractivity contribution in [1.82, 2.24) is 9.55 Å². The molecule has 1 aromatic rings. The second-order valence-electron chi connectivity index (χ2n) is 4.87. The predicted molar refractivity (Wildman–Crippen MR) is 72.0 cm³/mol. The third-order valence-electron chi connectivity index (χ3n) is 3.51. The van der Waals surface area contributed by atoms with E-state index in [1.54, 1.807) is 0 Å². The van der Waals surface area contributed by atoms with Crippen molar-refractivity contribution in [2.75, 3.05) is 6.61 Å². The van der Waals surface area contributed by atoms with Crippen molar-refractivity contribution in [2.24, 2.45) is 5.73 Å². The average Bonchev–Trinajstić information content (AvgIpc) is 2.63. The predicted octanol–water partition coefficient (Wildman–Crippen LogP) is -2.21. The molecule has 0 bridgehead atoms. The minimum atomic E-state index is -1.57. The van der Waals surface area contributed by atoms with E-state index in [1.165, 1.54) is 6.92 Å². The van der Waals surface area contributed by atoms with Crippen LogP contribution in [0.2, 0.25) is 0 Å². The summed E-state index contributed by atoms with van der Waals surface area (Å²) in [6, 6.07) is 0. The summed E-state index contributed by atoms with van der Waals surface area (Å²) in [7, 11) is 0. The Kier molecular flexibility index (Phi) is 4.00. The van der Waals surface area contributed by atoms with Crippen molar-refractivity contribution >= 4 is 18.1 Å². The number of primary amides is 1. The molecular formula is C11H15N3O6S. The normalized spacial score (nSPS) is 32.3. The summed E-state index contributed by atoms with van der Waals surface area (Å²) >= 11 is 4.98. The van der Waals surface area contributed by atoms with Gasteiger partial charge in [-0.15, -0.1) is 0 Å². The molecule has 21 heavy (non-hydrogen) atoms. The molecule has 1 amide bonds. The lowest BCUT2D eigenvalue weighted by Crippen LogP contribution is -2.45. The highest BCUT2D eigenvalue weighted by Gasteiger charge is 2.52. The van der Waals surface area contributed by atoms with E-state index in [4.69, 9.17) is 27.8 Å². The van der Waals surface area contributed by atoms with E-state index in [1.807, 2.05) is 0 Å². The van der Waals surface area contributed by atoms with Crippen molar-refractivity contribution in [1.29, 1.82) is 0 Å². The Morgan fingerprint density at radius 3 is 2.71 bits per heavy atom. The summed E-state index contributed by atoms with van der Waals surface area (Å²) in [6.07, 6.45) is -2.77. The van der Waals surface area contributed by atoms with Crippen LogP contribution in [0.25, 0.3) is 0 Å². The number of ether oxygens (including phenoxy) is 1. The average molecular weight is 317 g/mol. The number of amides is 1. The molecule has 0 aromatic carbocycles. The highest BCUT2D eigenvalue weighted by molar-refractivity contribution is 7.71. The monoisotopic (exact) mass is 317 g/mol. The number of hydrogen-bond acceptors (Lipinski definition) is 7. The number of nitrogens with one attached hydrogen (secondary N) is 1. The Balaban J connectivity index is 2.61. The molecule has 1 saturated heterocycles. The molecule has 1 aromatic heterocycles. The summed E-state index contributed by atoms with van der Waals surface area (Å²) in [5.41, 5.74) is 2.38. The summed E-state index contributed by atoms with van der Waals surface area (Å²) < 4.78 is 6.43. The molecule has 1 aliphatic rings. The number of carbonyl (C=O) groups is 1. The zero-order valence-electron chi connectivity index (χ0n) is 11.0. The van der Waals surface area contributed by atoms with Crippen LogP contribution in [0, 0.1) is 4.77 Å². The number of rotatable bonds is 3. The van der Waals surface area contributed by atoms with Gasteiger partial charge in [-0.1, -0.05) is 0 Å². The van der Waals surface area contributed by atoms with E-state index >= 15 is 0 Å². The SMILES string of the molecule is C[C@@]1(n2cc(C(N)=O)c(=O)[nH]c2=S)O[C@H](CO)[C@@H](O)[C@H]1O. The van der Waals surface area contributed by atoms with Gasteiger partial charge in [0.15, 0.2) is 10.5 Å². The molecule has 4 atom stereocenters. The molecule has 0 unspecified atom stereocenters. The van der Waals surface area contributed by atoms with E-state index in [-0.39, 0.29) is 10.3 Å². The number of hydrogen-bond donors (Lipinski definition) is 5. The second-order valence-corrected chi connectivity index (χ2v) is 5.25. The van der Waals surface area contributed by atoms with E-state index in [0.717, 1.165) is 10.8 Å². The third-order valence-corrected chi connectivity index (χ3v) is 3.81. The number of H-pyrrole nitrogens is 1. The smallest absolute Gasteiger partial charge is 0.264 e. The lowest BCUT2D eigenvalue weighted by molar-refractivity contribution is -0.136. The summed E-state index contributed by atoms with van der Waals surface area (Å²) in [6.45, 7) is 0.878. The van der Waals surface area contributed by atoms with Crippen LogP contribution in [0.3, 0.4) is 0 Å². The molecule has 116 valence electrons. The quantitative estimate of drug-likeness (QED) is 0.396. The molecule has 0 saturated carbocycles. The fraction of sp³-hybridized carbons (Fsp3) is 0.545. The maximum Gasteiger partial charge on any atom is 0.264 e. The Labute approximate surface area is 123 Å². The molecule has 2 rings (SSSR count). The minimum Gasteiger partial charge on any atom is -0.394 e. The standard InChI is InChI=1S/C11H15N3O6S/c1-11(7(17)6(16)5(3-15)20-11)14-2-4(8(12)18)9(19)13-10(14)21/h2,5-7,15-17H,3H2,1H3,(H2,12,18)(H,13,19,21)/t5-,6-,7-,11-/m1/s1. The Bertz CT molecular complexity index is 685. The van der Waals surface area contributed by atoms with Crippen LogP contribution in [0.4, 0.5) is 0 Å². The second kappa shape index (κ2) is 5.31. The zero-order chi connectivity index (χ0) is 15.9. The van der Waals surface area contributed by atoms with Gasteiger partial charge in [0, 0.05) is 6.20 Å². The van der Waals surface area contributed by atoms with Crippen LogP contribution in [0.1, 0.15) is 17.3 Å². The van der Waals surface area contributed by atoms with Gasteiger partial charge in [-0.25, -0.2) is 0 Å². The van der Waals surface area contributed by atoms with Gasteiger partial charge in [0.05, 0.1) is 6.61 Å². The van der Waals surface area contributed by atoms with Gasteiger partial charge < -0.3 is 25.8 Å². The topological polar surface area (TPSA) is 151 Å².